The first-order valence-corrected chi connectivity index (χ1v) is 6.89. The fourth-order valence-electron chi connectivity index (χ4n) is 1.43. The van der Waals surface area contributed by atoms with Crippen LogP contribution in [0.25, 0.3) is 0 Å². The molecule has 20 heavy (non-hydrogen) atoms. The molecule has 0 saturated heterocycles. The van der Waals surface area contributed by atoms with Crippen LogP contribution in [0.2, 0.25) is 0 Å². The highest BCUT2D eigenvalue weighted by atomic mass is 16.5. The number of hydrogen-bond acceptors (Lipinski definition) is 8. The number of nitrogens with zero attached hydrogens (tertiary/aromatic N) is 4. The van der Waals surface area contributed by atoms with Gasteiger partial charge in [0.25, 0.3) is 0 Å². The van der Waals surface area contributed by atoms with Gasteiger partial charge < -0.3 is 15.0 Å². The number of anilines is 3. The molecule has 114 valence electrons. The van der Waals surface area contributed by atoms with E-state index in [-0.39, 0.29) is 0 Å². The topological polar surface area (TPSA) is 101 Å². The Kier molecular flexibility index (Phi) is 7.59. The summed E-state index contributed by atoms with van der Waals surface area (Å²) in [6, 6.07) is 0. The van der Waals surface area contributed by atoms with Crippen LogP contribution in [-0.2, 0) is 4.74 Å². The zero-order chi connectivity index (χ0) is 14.8. The van der Waals surface area contributed by atoms with Crippen molar-refractivity contribution in [3.63, 3.8) is 0 Å². The lowest BCUT2D eigenvalue weighted by atomic mass is 10.4. The third-order valence-corrected chi connectivity index (χ3v) is 2.54. The number of nitrogens with two attached hydrogens (primary N) is 1. The molecular weight excluding hydrogens is 258 g/mol. The Labute approximate surface area is 120 Å². The van der Waals surface area contributed by atoms with E-state index in [1.54, 1.807) is 4.90 Å². The maximum absolute atomic E-state index is 5.49. The fraction of sp³-hybridized carbons (Fsp3) is 0.750. The van der Waals surface area contributed by atoms with Crippen LogP contribution in [0.1, 0.15) is 26.2 Å². The van der Waals surface area contributed by atoms with E-state index >= 15 is 0 Å². The summed E-state index contributed by atoms with van der Waals surface area (Å²) in [6.45, 7) is 4.46. The van der Waals surface area contributed by atoms with E-state index in [1.807, 2.05) is 14.1 Å². The molecule has 8 nitrogen and oxygen atoms in total. The smallest absolute Gasteiger partial charge is 0.243 e. The highest BCUT2D eigenvalue weighted by Crippen LogP contribution is 2.10. The summed E-state index contributed by atoms with van der Waals surface area (Å²) in [5, 5.41) is 3.14. The van der Waals surface area contributed by atoms with Crippen LogP contribution < -0.4 is 21.5 Å². The number of rotatable bonds is 10. The van der Waals surface area contributed by atoms with Crippen LogP contribution in [0.5, 0.6) is 0 Å². The van der Waals surface area contributed by atoms with Crippen molar-refractivity contribution in [3.05, 3.63) is 0 Å². The Bertz CT molecular complexity index is 386. The van der Waals surface area contributed by atoms with Gasteiger partial charge in [-0.05, 0) is 12.8 Å². The third-order valence-electron chi connectivity index (χ3n) is 2.54. The molecule has 0 aromatic carbocycles. The average Bonchev–Trinajstić information content (AvgIpc) is 2.46. The molecule has 1 heterocycles. The summed E-state index contributed by atoms with van der Waals surface area (Å²) in [7, 11) is 3.72. The van der Waals surface area contributed by atoms with Crippen molar-refractivity contribution in [2.75, 3.05) is 49.5 Å². The zero-order valence-electron chi connectivity index (χ0n) is 12.5. The van der Waals surface area contributed by atoms with Crippen LogP contribution in [0.4, 0.5) is 17.8 Å². The molecule has 0 aliphatic carbocycles. The summed E-state index contributed by atoms with van der Waals surface area (Å²) < 4.78 is 5.49. The van der Waals surface area contributed by atoms with Gasteiger partial charge in [-0.3, -0.25) is 5.43 Å². The average molecular weight is 283 g/mol. The second kappa shape index (κ2) is 9.27. The number of nitrogen functional groups attached to an aromatic ring is 1. The molecule has 0 unspecified atom stereocenters. The van der Waals surface area contributed by atoms with Crippen LogP contribution in [-0.4, -0.2) is 48.8 Å². The van der Waals surface area contributed by atoms with Crippen LogP contribution in [0.15, 0.2) is 0 Å². The lowest BCUT2D eigenvalue weighted by Gasteiger charge is -2.13. The van der Waals surface area contributed by atoms with Gasteiger partial charge in [0.2, 0.25) is 17.8 Å². The standard InChI is InChI=1S/C12H25N7O/c1-4-5-8-20-9-6-7-14-10-15-11(18-13)17-12(16-10)19(2)3/h4-9,13H2,1-3H3,(H2,14,15,16,17,18). The molecule has 0 atom stereocenters. The lowest BCUT2D eigenvalue weighted by molar-refractivity contribution is 0.131. The molecule has 0 aliphatic heterocycles. The Morgan fingerprint density at radius 1 is 1.10 bits per heavy atom. The van der Waals surface area contributed by atoms with Crippen molar-refractivity contribution >= 4 is 17.8 Å². The third kappa shape index (κ3) is 5.98. The molecule has 1 aromatic rings. The summed E-state index contributed by atoms with van der Waals surface area (Å²) >= 11 is 0. The van der Waals surface area contributed by atoms with Gasteiger partial charge in [0.1, 0.15) is 0 Å². The van der Waals surface area contributed by atoms with E-state index in [9.17, 15) is 0 Å². The maximum atomic E-state index is 5.49. The SMILES string of the molecule is CCCCOCCCNc1nc(NN)nc(N(C)C)n1. The number of ether oxygens (including phenoxy) is 1. The van der Waals surface area contributed by atoms with Crippen molar-refractivity contribution < 1.29 is 4.74 Å². The maximum Gasteiger partial charge on any atom is 0.243 e. The minimum absolute atomic E-state index is 0.338. The highest BCUT2D eigenvalue weighted by molar-refractivity contribution is 5.42. The van der Waals surface area contributed by atoms with E-state index in [4.69, 9.17) is 10.6 Å². The Hall–Kier alpha value is -1.67. The van der Waals surface area contributed by atoms with Crippen LogP contribution in [0, 0.1) is 0 Å². The fourth-order valence-corrected chi connectivity index (χ4v) is 1.43. The van der Waals surface area contributed by atoms with Gasteiger partial charge in [0.05, 0.1) is 0 Å². The first kappa shape index (κ1) is 16.4. The predicted octanol–water partition coefficient (Wildman–Crippen LogP) is 0.842. The molecule has 0 amide bonds. The summed E-state index contributed by atoms with van der Waals surface area (Å²) in [4.78, 5) is 14.4. The Balaban J connectivity index is 2.37. The number of hydrazine groups is 1. The number of hydrogen-bond donors (Lipinski definition) is 3. The molecule has 0 aliphatic rings. The van der Waals surface area contributed by atoms with Crippen molar-refractivity contribution in [1.29, 1.82) is 0 Å². The molecule has 0 fully saturated rings. The number of unbranched alkanes of at least 4 members (excludes halogenated alkanes) is 1. The minimum atomic E-state index is 0.338. The van der Waals surface area contributed by atoms with E-state index < -0.39 is 0 Å². The summed E-state index contributed by atoms with van der Waals surface area (Å²) in [5.41, 5.74) is 2.43. The molecule has 0 spiro atoms. The van der Waals surface area contributed by atoms with E-state index in [0.29, 0.717) is 17.8 Å². The predicted molar refractivity (Wildman–Crippen MR) is 80.8 cm³/mol. The molecule has 0 saturated carbocycles. The van der Waals surface area contributed by atoms with E-state index in [0.717, 1.165) is 39.0 Å². The van der Waals surface area contributed by atoms with E-state index in [1.165, 1.54) is 0 Å². The molecular formula is C12H25N7O. The number of nitrogens with one attached hydrogen (secondary N) is 2. The Morgan fingerprint density at radius 2 is 1.80 bits per heavy atom. The normalized spacial score (nSPS) is 10.4. The molecule has 1 aromatic heterocycles. The van der Waals surface area contributed by atoms with Crippen LogP contribution in [0.3, 0.4) is 0 Å². The first-order chi connectivity index (χ1) is 9.67. The van der Waals surface area contributed by atoms with Gasteiger partial charge in [-0.15, -0.1) is 0 Å². The van der Waals surface area contributed by atoms with Gasteiger partial charge in [0, 0.05) is 33.9 Å². The molecule has 0 bridgehead atoms. The van der Waals surface area contributed by atoms with Gasteiger partial charge in [0.15, 0.2) is 0 Å². The zero-order valence-corrected chi connectivity index (χ0v) is 12.5. The van der Waals surface area contributed by atoms with Crippen molar-refractivity contribution in [3.8, 4) is 0 Å². The second-order valence-corrected chi connectivity index (χ2v) is 4.57. The molecule has 1 rings (SSSR count). The van der Waals surface area contributed by atoms with Crippen molar-refractivity contribution in [2.45, 2.75) is 26.2 Å². The summed E-state index contributed by atoms with van der Waals surface area (Å²) in [5.74, 6) is 6.74. The van der Waals surface area contributed by atoms with Crippen LogP contribution >= 0.6 is 0 Å². The number of aromatic nitrogens is 3. The van der Waals surface area contributed by atoms with Gasteiger partial charge in [-0.2, -0.15) is 15.0 Å². The highest BCUT2D eigenvalue weighted by Gasteiger charge is 2.06. The lowest BCUT2D eigenvalue weighted by Crippen LogP contribution is -2.19. The largest absolute Gasteiger partial charge is 0.381 e. The van der Waals surface area contributed by atoms with E-state index in [2.05, 4.69) is 32.6 Å². The summed E-state index contributed by atoms with van der Waals surface area (Å²) in [6.07, 6.45) is 3.17. The first-order valence-electron chi connectivity index (χ1n) is 6.89. The van der Waals surface area contributed by atoms with Gasteiger partial charge in [-0.25, -0.2) is 5.84 Å². The monoisotopic (exact) mass is 283 g/mol. The quantitative estimate of drug-likeness (QED) is 0.330. The molecule has 8 heteroatoms. The van der Waals surface area contributed by atoms with Crippen molar-refractivity contribution in [1.82, 2.24) is 15.0 Å². The second-order valence-electron chi connectivity index (χ2n) is 4.57. The molecule has 0 radical (unpaired) electrons. The minimum Gasteiger partial charge on any atom is -0.381 e. The van der Waals surface area contributed by atoms with Gasteiger partial charge in [-0.1, -0.05) is 13.3 Å². The molecule has 4 N–H and O–H groups in total. The van der Waals surface area contributed by atoms with Crippen molar-refractivity contribution in [2.24, 2.45) is 5.84 Å². The van der Waals surface area contributed by atoms with Gasteiger partial charge >= 0.3 is 0 Å². The Morgan fingerprint density at radius 3 is 2.45 bits per heavy atom.